The van der Waals surface area contributed by atoms with E-state index < -0.39 is 0 Å². The van der Waals surface area contributed by atoms with Gasteiger partial charge in [0.25, 0.3) is 0 Å². The minimum atomic E-state index is -0.181. The number of nitrogens with two attached hydrogens (primary N) is 1. The van der Waals surface area contributed by atoms with Crippen molar-refractivity contribution in [2.24, 2.45) is 5.73 Å². The topological polar surface area (TPSA) is 29.3 Å². The summed E-state index contributed by atoms with van der Waals surface area (Å²) in [5, 5.41) is 0. The van der Waals surface area contributed by atoms with E-state index in [1.54, 1.807) is 0 Å². The number of hydrogen-bond donors (Lipinski definition) is 1. The van der Waals surface area contributed by atoms with Gasteiger partial charge in [-0.3, -0.25) is 4.90 Å². The third-order valence-electron chi connectivity index (χ3n) is 3.80. The molecule has 17 heavy (non-hydrogen) atoms. The molecule has 1 heterocycles. The minimum absolute atomic E-state index is 0.0776. The second-order valence-corrected chi connectivity index (χ2v) is 5.41. The summed E-state index contributed by atoms with van der Waals surface area (Å²) in [6, 6.07) is 7.07. The van der Waals surface area contributed by atoms with Gasteiger partial charge in [-0.05, 0) is 50.9 Å². The fourth-order valence-corrected chi connectivity index (χ4v) is 2.56. The van der Waals surface area contributed by atoms with E-state index in [0.717, 1.165) is 31.5 Å². The predicted molar refractivity (Wildman–Crippen MR) is 68.2 cm³/mol. The van der Waals surface area contributed by atoms with E-state index >= 15 is 0 Å². The summed E-state index contributed by atoms with van der Waals surface area (Å²) in [5.74, 6) is -0.181. The fourth-order valence-electron chi connectivity index (χ4n) is 2.56. The summed E-state index contributed by atoms with van der Waals surface area (Å²) in [6.45, 7) is 6.35. The first kappa shape index (κ1) is 12.5. The van der Waals surface area contributed by atoms with Gasteiger partial charge in [-0.15, -0.1) is 0 Å². The van der Waals surface area contributed by atoms with Crippen molar-refractivity contribution >= 4 is 0 Å². The van der Waals surface area contributed by atoms with Crippen molar-refractivity contribution in [2.75, 3.05) is 13.1 Å². The van der Waals surface area contributed by atoms with Crippen LogP contribution in [0.25, 0.3) is 0 Å². The molecule has 2 nitrogen and oxygen atoms in total. The summed E-state index contributed by atoms with van der Waals surface area (Å²) < 4.78 is 12.9. The molecule has 1 aliphatic heterocycles. The van der Waals surface area contributed by atoms with Crippen LogP contribution in [0.2, 0.25) is 0 Å². The number of hydrogen-bond acceptors (Lipinski definition) is 2. The fraction of sp³-hybridized carbons (Fsp3) is 0.571. The Morgan fingerprint density at radius 1 is 1.29 bits per heavy atom. The highest BCUT2D eigenvalue weighted by Gasteiger charge is 2.31. The SMILES string of the molecule is CC(C)(c1ccc(F)cc1)N1CCC[C@@H](N)C1. The van der Waals surface area contributed by atoms with Gasteiger partial charge in [-0.1, -0.05) is 12.1 Å². The van der Waals surface area contributed by atoms with E-state index in [-0.39, 0.29) is 17.4 Å². The van der Waals surface area contributed by atoms with Crippen LogP contribution in [0.15, 0.2) is 24.3 Å². The molecule has 94 valence electrons. The van der Waals surface area contributed by atoms with Crippen molar-refractivity contribution in [3.8, 4) is 0 Å². The molecule has 0 aliphatic carbocycles. The molecule has 2 N–H and O–H groups in total. The molecule has 0 amide bonds. The Balaban J connectivity index is 2.19. The molecule has 0 spiro atoms. The largest absolute Gasteiger partial charge is 0.327 e. The maximum atomic E-state index is 12.9. The second-order valence-electron chi connectivity index (χ2n) is 5.41. The lowest BCUT2D eigenvalue weighted by Gasteiger charge is -2.43. The van der Waals surface area contributed by atoms with Crippen LogP contribution in [0.3, 0.4) is 0 Å². The maximum absolute atomic E-state index is 12.9. The maximum Gasteiger partial charge on any atom is 0.123 e. The normalized spacial score (nSPS) is 22.7. The van der Waals surface area contributed by atoms with Gasteiger partial charge in [0.05, 0.1) is 0 Å². The smallest absolute Gasteiger partial charge is 0.123 e. The van der Waals surface area contributed by atoms with Crippen LogP contribution in [-0.4, -0.2) is 24.0 Å². The van der Waals surface area contributed by atoms with Gasteiger partial charge in [0, 0.05) is 18.1 Å². The van der Waals surface area contributed by atoms with Crippen LogP contribution in [0.1, 0.15) is 32.3 Å². The first-order valence-electron chi connectivity index (χ1n) is 6.27. The molecular weight excluding hydrogens is 215 g/mol. The van der Waals surface area contributed by atoms with E-state index in [1.165, 1.54) is 12.1 Å². The Kier molecular flexibility index (Phi) is 3.50. The zero-order valence-electron chi connectivity index (χ0n) is 10.6. The van der Waals surface area contributed by atoms with E-state index in [2.05, 4.69) is 18.7 Å². The Morgan fingerprint density at radius 3 is 2.53 bits per heavy atom. The molecule has 1 saturated heterocycles. The highest BCUT2D eigenvalue weighted by Crippen LogP contribution is 2.30. The molecule has 3 heteroatoms. The number of rotatable bonds is 2. The number of likely N-dealkylation sites (tertiary alicyclic amines) is 1. The number of piperidine rings is 1. The van der Waals surface area contributed by atoms with Gasteiger partial charge >= 0.3 is 0 Å². The van der Waals surface area contributed by atoms with Crippen molar-refractivity contribution in [1.82, 2.24) is 4.90 Å². The molecule has 1 aromatic rings. The highest BCUT2D eigenvalue weighted by molar-refractivity contribution is 5.23. The molecule has 1 aromatic carbocycles. The van der Waals surface area contributed by atoms with Crippen LogP contribution < -0.4 is 5.73 Å². The third kappa shape index (κ3) is 2.67. The van der Waals surface area contributed by atoms with Crippen LogP contribution in [0, 0.1) is 5.82 Å². The van der Waals surface area contributed by atoms with Gasteiger partial charge < -0.3 is 5.73 Å². The summed E-state index contributed by atoms with van der Waals surface area (Å²) in [4.78, 5) is 2.40. The first-order valence-corrected chi connectivity index (χ1v) is 6.27. The van der Waals surface area contributed by atoms with Gasteiger partial charge in [0.2, 0.25) is 0 Å². The summed E-state index contributed by atoms with van der Waals surface area (Å²) >= 11 is 0. The minimum Gasteiger partial charge on any atom is -0.327 e. The lowest BCUT2D eigenvalue weighted by atomic mass is 9.89. The van der Waals surface area contributed by atoms with Crippen LogP contribution >= 0.6 is 0 Å². The third-order valence-corrected chi connectivity index (χ3v) is 3.80. The van der Waals surface area contributed by atoms with Crippen LogP contribution in [0.4, 0.5) is 4.39 Å². The Hall–Kier alpha value is -0.930. The summed E-state index contributed by atoms with van der Waals surface area (Å²) in [7, 11) is 0. The predicted octanol–water partition coefficient (Wildman–Crippen LogP) is 2.48. The standard InChI is InChI=1S/C14H21FN2/c1-14(2,11-5-7-12(15)8-6-11)17-9-3-4-13(16)10-17/h5-8,13H,3-4,9-10,16H2,1-2H3/t13-/m1/s1. The number of halogens is 1. The second kappa shape index (κ2) is 4.75. The molecule has 0 radical (unpaired) electrons. The average molecular weight is 236 g/mol. The molecule has 2 rings (SSSR count). The molecule has 1 aliphatic rings. The van der Waals surface area contributed by atoms with Gasteiger partial charge in [0.15, 0.2) is 0 Å². The molecular formula is C14H21FN2. The van der Waals surface area contributed by atoms with Crippen LogP contribution in [-0.2, 0) is 5.54 Å². The van der Waals surface area contributed by atoms with Crippen LogP contribution in [0.5, 0.6) is 0 Å². The average Bonchev–Trinajstić information content (AvgIpc) is 2.29. The van der Waals surface area contributed by atoms with Crippen molar-refractivity contribution in [3.63, 3.8) is 0 Å². The molecule has 0 aromatic heterocycles. The Labute approximate surface area is 103 Å². The first-order chi connectivity index (χ1) is 8.00. The van der Waals surface area contributed by atoms with Crippen molar-refractivity contribution in [2.45, 2.75) is 38.3 Å². The number of nitrogens with zero attached hydrogens (tertiary/aromatic N) is 1. The molecule has 0 unspecified atom stereocenters. The van der Waals surface area contributed by atoms with E-state index in [4.69, 9.17) is 5.73 Å². The van der Waals surface area contributed by atoms with Gasteiger partial charge in [-0.25, -0.2) is 4.39 Å². The lowest BCUT2D eigenvalue weighted by Crippen LogP contribution is -2.51. The zero-order chi connectivity index (χ0) is 12.5. The highest BCUT2D eigenvalue weighted by atomic mass is 19.1. The summed E-state index contributed by atoms with van der Waals surface area (Å²) in [5.41, 5.74) is 7.09. The zero-order valence-corrected chi connectivity index (χ0v) is 10.6. The molecule has 1 atom stereocenters. The molecule has 0 saturated carbocycles. The summed E-state index contributed by atoms with van der Waals surface area (Å²) in [6.07, 6.45) is 2.25. The quantitative estimate of drug-likeness (QED) is 0.854. The van der Waals surface area contributed by atoms with Crippen molar-refractivity contribution in [3.05, 3.63) is 35.6 Å². The lowest BCUT2D eigenvalue weighted by molar-refractivity contribution is 0.0843. The molecule has 0 bridgehead atoms. The Morgan fingerprint density at radius 2 is 1.94 bits per heavy atom. The number of benzene rings is 1. The van der Waals surface area contributed by atoms with E-state index in [1.807, 2.05) is 12.1 Å². The van der Waals surface area contributed by atoms with Gasteiger partial charge in [-0.2, -0.15) is 0 Å². The molecule has 1 fully saturated rings. The monoisotopic (exact) mass is 236 g/mol. The van der Waals surface area contributed by atoms with Crippen molar-refractivity contribution < 1.29 is 4.39 Å². The van der Waals surface area contributed by atoms with Crippen molar-refractivity contribution in [1.29, 1.82) is 0 Å². The van der Waals surface area contributed by atoms with E-state index in [9.17, 15) is 4.39 Å². The Bertz CT molecular complexity index is 372. The van der Waals surface area contributed by atoms with E-state index in [0.29, 0.717) is 0 Å². The van der Waals surface area contributed by atoms with Gasteiger partial charge in [0.1, 0.15) is 5.82 Å².